The summed E-state index contributed by atoms with van der Waals surface area (Å²) >= 11 is 0. The molecule has 1 aromatic carbocycles. The molecule has 1 fully saturated rings. The fourth-order valence-corrected chi connectivity index (χ4v) is 3.42. The van der Waals surface area contributed by atoms with Gasteiger partial charge in [0.2, 0.25) is 0 Å². The van der Waals surface area contributed by atoms with Crippen LogP contribution in [0.15, 0.2) is 18.2 Å². The van der Waals surface area contributed by atoms with Crippen molar-refractivity contribution >= 4 is 0 Å². The van der Waals surface area contributed by atoms with Crippen LogP contribution in [-0.4, -0.2) is 19.3 Å². The Labute approximate surface area is 101 Å². The van der Waals surface area contributed by atoms with Gasteiger partial charge in [0.15, 0.2) is 0 Å². The average Bonchev–Trinajstić information content (AvgIpc) is 2.35. The third-order valence-electron chi connectivity index (χ3n) is 4.42. The summed E-state index contributed by atoms with van der Waals surface area (Å²) in [5.41, 5.74) is 8.79. The van der Waals surface area contributed by atoms with Crippen LogP contribution >= 0.6 is 0 Å². The second-order valence-electron chi connectivity index (χ2n) is 5.22. The van der Waals surface area contributed by atoms with Crippen molar-refractivity contribution in [1.29, 1.82) is 0 Å². The van der Waals surface area contributed by atoms with Gasteiger partial charge in [-0.3, -0.25) is 0 Å². The fourth-order valence-electron chi connectivity index (χ4n) is 3.42. The summed E-state index contributed by atoms with van der Waals surface area (Å²) < 4.78 is 18.7. The monoisotopic (exact) mass is 235 g/mol. The van der Waals surface area contributed by atoms with Gasteiger partial charge < -0.3 is 10.5 Å². The number of halogens is 1. The van der Waals surface area contributed by atoms with Crippen LogP contribution in [-0.2, 0) is 16.6 Å². The molecule has 0 amide bonds. The van der Waals surface area contributed by atoms with E-state index in [1.807, 2.05) is 6.07 Å². The lowest BCUT2D eigenvalue weighted by atomic mass is 9.63. The summed E-state index contributed by atoms with van der Waals surface area (Å²) in [6.45, 7) is 1.54. The van der Waals surface area contributed by atoms with Crippen molar-refractivity contribution in [3.05, 3.63) is 35.1 Å². The number of aryl methyl sites for hydroxylation is 1. The van der Waals surface area contributed by atoms with E-state index in [1.54, 1.807) is 12.1 Å². The molecule has 3 rings (SSSR count). The van der Waals surface area contributed by atoms with Crippen LogP contribution < -0.4 is 5.73 Å². The first kappa shape index (κ1) is 11.2. The van der Waals surface area contributed by atoms with E-state index in [-0.39, 0.29) is 17.3 Å². The van der Waals surface area contributed by atoms with Crippen LogP contribution in [0.3, 0.4) is 0 Å². The number of benzene rings is 1. The van der Waals surface area contributed by atoms with Gasteiger partial charge in [-0.25, -0.2) is 4.39 Å². The van der Waals surface area contributed by atoms with Gasteiger partial charge in [-0.2, -0.15) is 0 Å². The minimum absolute atomic E-state index is 0.0273. The predicted molar refractivity (Wildman–Crippen MR) is 64.4 cm³/mol. The summed E-state index contributed by atoms with van der Waals surface area (Å²) in [6, 6.07) is 5.37. The van der Waals surface area contributed by atoms with E-state index < -0.39 is 0 Å². The molecule has 1 aliphatic carbocycles. The average molecular weight is 235 g/mol. The molecule has 3 heteroatoms. The van der Waals surface area contributed by atoms with Crippen LogP contribution in [0.2, 0.25) is 0 Å². The Morgan fingerprint density at radius 2 is 2.06 bits per heavy atom. The fraction of sp³-hybridized carbons (Fsp3) is 0.571. The zero-order valence-corrected chi connectivity index (χ0v) is 9.92. The maximum Gasteiger partial charge on any atom is 0.123 e. The van der Waals surface area contributed by atoms with E-state index >= 15 is 0 Å². The van der Waals surface area contributed by atoms with Crippen molar-refractivity contribution in [1.82, 2.24) is 0 Å². The maximum atomic E-state index is 13.3. The van der Waals surface area contributed by atoms with E-state index in [9.17, 15) is 4.39 Å². The number of hydrogen-bond acceptors (Lipinski definition) is 2. The highest BCUT2D eigenvalue weighted by molar-refractivity contribution is 5.39. The van der Waals surface area contributed by atoms with Crippen molar-refractivity contribution in [2.45, 2.75) is 37.1 Å². The maximum absolute atomic E-state index is 13.3. The van der Waals surface area contributed by atoms with Crippen LogP contribution in [0.4, 0.5) is 4.39 Å². The van der Waals surface area contributed by atoms with E-state index in [0.717, 1.165) is 44.5 Å². The number of ether oxygens (including phenoxy) is 1. The van der Waals surface area contributed by atoms with Gasteiger partial charge in [0.1, 0.15) is 5.82 Å². The molecule has 1 heterocycles. The smallest absolute Gasteiger partial charge is 0.123 e. The molecule has 2 nitrogen and oxygen atoms in total. The van der Waals surface area contributed by atoms with E-state index in [4.69, 9.17) is 10.5 Å². The Morgan fingerprint density at radius 3 is 2.82 bits per heavy atom. The first-order valence-electron chi connectivity index (χ1n) is 6.35. The van der Waals surface area contributed by atoms with Gasteiger partial charge in [0.25, 0.3) is 0 Å². The van der Waals surface area contributed by atoms with Crippen molar-refractivity contribution in [3.63, 3.8) is 0 Å². The molecule has 2 aliphatic rings. The highest BCUT2D eigenvalue weighted by Crippen LogP contribution is 2.43. The number of nitrogens with two attached hydrogens (primary N) is 1. The lowest BCUT2D eigenvalue weighted by Gasteiger charge is -2.46. The first-order valence-corrected chi connectivity index (χ1v) is 6.35. The quantitative estimate of drug-likeness (QED) is 0.747. The third-order valence-corrected chi connectivity index (χ3v) is 4.42. The Balaban J connectivity index is 2.09. The molecule has 0 radical (unpaired) electrons. The lowest BCUT2D eigenvalue weighted by molar-refractivity contribution is 0.0359. The molecule has 2 N–H and O–H groups in total. The molecule has 1 aliphatic heterocycles. The molecule has 0 aromatic heterocycles. The van der Waals surface area contributed by atoms with Gasteiger partial charge in [0, 0.05) is 24.7 Å². The zero-order chi connectivity index (χ0) is 11.9. The largest absolute Gasteiger partial charge is 0.381 e. The molecule has 1 spiro atoms. The predicted octanol–water partition coefficient (Wildman–Crippen LogP) is 2.15. The molecular formula is C14H18FNO. The van der Waals surface area contributed by atoms with Crippen LogP contribution in [0.25, 0.3) is 0 Å². The van der Waals surface area contributed by atoms with E-state index in [1.165, 1.54) is 5.56 Å². The van der Waals surface area contributed by atoms with Gasteiger partial charge in [-0.15, -0.1) is 0 Å². The van der Waals surface area contributed by atoms with E-state index in [2.05, 4.69) is 0 Å². The highest BCUT2D eigenvalue weighted by Gasteiger charge is 2.43. The molecule has 1 saturated heterocycles. The number of fused-ring (bicyclic) bond motifs is 2. The Hall–Kier alpha value is -0.930. The van der Waals surface area contributed by atoms with Crippen LogP contribution in [0, 0.1) is 5.82 Å². The standard InChI is InChI=1S/C14H18FNO/c15-11-2-3-12-10(9-11)1-4-13(16)14(12)5-7-17-8-6-14/h2-3,9,13H,1,4-8,16H2. The molecule has 0 bridgehead atoms. The topological polar surface area (TPSA) is 35.2 Å². The SMILES string of the molecule is NC1CCc2cc(F)ccc2C12CCOCC2. The van der Waals surface area contributed by atoms with Gasteiger partial charge in [-0.05, 0) is 48.9 Å². The lowest BCUT2D eigenvalue weighted by Crippen LogP contribution is -2.51. The second kappa shape index (κ2) is 4.07. The molecule has 17 heavy (non-hydrogen) atoms. The second-order valence-corrected chi connectivity index (χ2v) is 5.22. The first-order chi connectivity index (χ1) is 8.22. The van der Waals surface area contributed by atoms with Gasteiger partial charge >= 0.3 is 0 Å². The molecule has 92 valence electrons. The zero-order valence-electron chi connectivity index (χ0n) is 9.92. The molecule has 0 saturated carbocycles. The summed E-state index contributed by atoms with van der Waals surface area (Å²) in [7, 11) is 0. The summed E-state index contributed by atoms with van der Waals surface area (Å²) in [4.78, 5) is 0. The summed E-state index contributed by atoms with van der Waals surface area (Å²) in [5.74, 6) is -0.138. The van der Waals surface area contributed by atoms with Crippen LogP contribution in [0.1, 0.15) is 30.4 Å². The normalized spacial score (nSPS) is 26.8. The van der Waals surface area contributed by atoms with Gasteiger partial charge in [-0.1, -0.05) is 6.07 Å². The Morgan fingerprint density at radius 1 is 1.29 bits per heavy atom. The summed E-state index contributed by atoms with van der Waals surface area (Å²) in [5, 5.41) is 0. The minimum Gasteiger partial charge on any atom is -0.381 e. The summed E-state index contributed by atoms with van der Waals surface area (Å²) in [6.07, 6.45) is 3.78. The Bertz CT molecular complexity index is 426. The molecule has 1 atom stereocenters. The molecule has 1 aromatic rings. The van der Waals surface area contributed by atoms with Crippen molar-refractivity contribution in [3.8, 4) is 0 Å². The number of rotatable bonds is 0. The third kappa shape index (κ3) is 1.69. The molecule has 1 unspecified atom stereocenters. The van der Waals surface area contributed by atoms with Crippen LogP contribution in [0.5, 0.6) is 0 Å². The highest BCUT2D eigenvalue weighted by atomic mass is 19.1. The Kier molecular flexibility index (Phi) is 2.68. The number of hydrogen-bond donors (Lipinski definition) is 1. The molecular weight excluding hydrogens is 217 g/mol. The minimum atomic E-state index is -0.138. The van der Waals surface area contributed by atoms with Crippen molar-refractivity contribution in [2.75, 3.05) is 13.2 Å². The van der Waals surface area contributed by atoms with Crippen molar-refractivity contribution < 1.29 is 9.13 Å². The van der Waals surface area contributed by atoms with Gasteiger partial charge in [0.05, 0.1) is 0 Å². The van der Waals surface area contributed by atoms with E-state index in [0.29, 0.717) is 0 Å². The van der Waals surface area contributed by atoms with Crippen molar-refractivity contribution in [2.24, 2.45) is 5.73 Å².